The van der Waals surface area contributed by atoms with E-state index in [4.69, 9.17) is 17.3 Å². The van der Waals surface area contributed by atoms with Gasteiger partial charge in [-0.15, -0.1) is 0 Å². The molecule has 12 heteroatoms. The zero-order valence-corrected chi connectivity index (χ0v) is 15.9. The van der Waals surface area contributed by atoms with Crippen molar-refractivity contribution < 1.29 is 18.0 Å². The van der Waals surface area contributed by atoms with E-state index in [2.05, 4.69) is 25.6 Å². The van der Waals surface area contributed by atoms with Gasteiger partial charge in [-0.3, -0.25) is 4.79 Å². The van der Waals surface area contributed by atoms with E-state index in [1.54, 1.807) is 13.8 Å². The summed E-state index contributed by atoms with van der Waals surface area (Å²) in [7, 11) is 0. The van der Waals surface area contributed by atoms with Crippen LogP contribution in [0.15, 0.2) is 6.20 Å². The Morgan fingerprint density at radius 3 is 2.56 bits per heavy atom. The molecule has 7 nitrogen and oxygen atoms in total. The van der Waals surface area contributed by atoms with Crippen LogP contribution in [0.5, 0.6) is 0 Å². The topological polar surface area (TPSA) is 106 Å². The molecule has 1 aliphatic carbocycles. The highest BCUT2D eigenvalue weighted by Gasteiger charge is 2.37. The Kier molecular flexibility index (Phi) is 4.93. The highest BCUT2D eigenvalue weighted by molar-refractivity contribution is 7.16. The van der Waals surface area contributed by atoms with Crippen molar-refractivity contribution in [3.05, 3.63) is 21.9 Å². The molecule has 1 amide bonds. The van der Waals surface area contributed by atoms with E-state index in [1.807, 2.05) is 0 Å². The van der Waals surface area contributed by atoms with Gasteiger partial charge in [0.2, 0.25) is 11.9 Å². The number of halogens is 4. The number of alkyl halides is 3. The Morgan fingerprint density at radius 1 is 1.33 bits per heavy atom. The third-order valence-corrected chi connectivity index (χ3v) is 5.65. The van der Waals surface area contributed by atoms with Gasteiger partial charge < -0.3 is 16.4 Å². The number of nitrogens with one attached hydrogen (secondary N) is 2. The first-order valence-electron chi connectivity index (χ1n) is 7.93. The first kappa shape index (κ1) is 19.6. The minimum Gasteiger partial charge on any atom is -0.369 e. The number of nitrogens with zero attached hydrogens (tertiary/aromatic N) is 3. The lowest BCUT2D eigenvalue weighted by atomic mass is 9.94. The van der Waals surface area contributed by atoms with E-state index < -0.39 is 23.1 Å². The number of nitrogens with two attached hydrogens (primary N) is 1. The standard InChI is InChI=1S/C15H16ClF3N6OS/c1-14(2,11(20)26)12-23-8(16)10(27-12)25-13-21-5-7(15(17,18)19)9(24-13)22-6-3-4-6/h5-6H,3-4H2,1-2H3,(H2,20,26)(H2,21,22,24,25). The van der Waals surface area contributed by atoms with Crippen molar-refractivity contribution in [2.75, 3.05) is 10.6 Å². The lowest BCUT2D eigenvalue weighted by molar-refractivity contribution is -0.137. The molecule has 146 valence electrons. The van der Waals surface area contributed by atoms with Crippen molar-refractivity contribution in [3.8, 4) is 0 Å². The summed E-state index contributed by atoms with van der Waals surface area (Å²) in [6, 6.07) is -0.0242. The van der Waals surface area contributed by atoms with Crippen LogP contribution in [0.1, 0.15) is 37.3 Å². The summed E-state index contributed by atoms with van der Waals surface area (Å²) in [6.45, 7) is 3.20. The van der Waals surface area contributed by atoms with Crippen LogP contribution >= 0.6 is 22.9 Å². The number of anilines is 3. The van der Waals surface area contributed by atoms with Gasteiger partial charge in [0, 0.05) is 12.2 Å². The Morgan fingerprint density at radius 2 is 2.00 bits per heavy atom. The Hall–Kier alpha value is -2.14. The van der Waals surface area contributed by atoms with E-state index in [0.717, 1.165) is 24.2 Å². The van der Waals surface area contributed by atoms with Gasteiger partial charge in [0.05, 0.1) is 5.41 Å². The molecular formula is C15H16ClF3N6OS. The molecule has 0 spiro atoms. The van der Waals surface area contributed by atoms with Crippen LogP contribution in [0.2, 0.25) is 5.15 Å². The summed E-state index contributed by atoms with van der Waals surface area (Å²) in [4.78, 5) is 23.3. The van der Waals surface area contributed by atoms with Crippen LogP contribution in [0.3, 0.4) is 0 Å². The average Bonchev–Trinajstić information content (AvgIpc) is 3.28. The fourth-order valence-corrected chi connectivity index (χ4v) is 3.29. The first-order valence-corrected chi connectivity index (χ1v) is 9.12. The Bertz CT molecular complexity index is 881. The fraction of sp³-hybridized carbons (Fsp3) is 0.467. The summed E-state index contributed by atoms with van der Waals surface area (Å²) in [5, 5.41) is 6.23. The average molecular weight is 421 g/mol. The molecule has 27 heavy (non-hydrogen) atoms. The molecule has 0 unspecified atom stereocenters. The molecule has 2 aromatic rings. The normalized spacial score (nSPS) is 14.9. The highest BCUT2D eigenvalue weighted by atomic mass is 35.5. The van der Waals surface area contributed by atoms with Crippen LogP contribution in [0.4, 0.5) is 29.9 Å². The summed E-state index contributed by atoms with van der Waals surface area (Å²) < 4.78 is 39.4. The lowest BCUT2D eigenvalue weighted by Gasteiger charge is -2.16. The van der Waals surface area contributed by atoms with E-state index in [-0.39, 0.29) is 23.0 Å². The number of carbonyl (C=O) groups is 1. The molecule has 0 saturated heterocycles. The molecule has 4 N–H and O–H groups in total. The minimum atomic E-state index is -4.57. The second kappa shape index (κ2) is 6.79. The van der Waals surface area contributed by atoms with Gasteiger partial charge in [-0.2, -0.15) is 18.2 Å². The molecule has 0 radical (unpaired) electrons. The molecule has 0 aliphatic heterocycles. The predicted octanol–water partition coefficient (Wildman–Crippen LogP) is 3.69. The molecule has 1 fully saturated rings. The van der Waals surface area contributed by atoms with Crippen molar-refractivity contribution in [3.63, 3.8) is 0 Å². The van der Waals surface area contributed by atoms with Gasteiger partial charge >= 0.3 is 6.18 Å². The molecule has 1 aliphatic rings. The zero-order valence-electron chi connectivity index (χ0n) is 14.3. The Labute approximate surface area is 161 Å². The quantitative estimate of drug-likeness (QED) is 0.658. The maximum absolute atomic E-state index is 13.1. The lowest BCUT2D eigenvalue weighted by Crippen LogP contribution is -2.35. The molecule has 2 aromatic heterocycles. The SMILES string of the molecule is CC(C)(C(N)=O)c1nc(Cl)c(Nc2ncc(C(F)(F)F)c(NC3CC3)n2)s1. The molecule has 0 bridgehead atoms. The second-order valence-electron chi connectivity index (χ2n) is 6.63. The third kappa shape index (κ3) is 4.24. The smallest absolute Gasteiger partial charge is 0.369 e. The molecule has 2 heterocycles. The van der Waals surface area contributed by atoms with E-state index in [9.17, 15) is 18.0 Å². The number of rotatable bonds is 6. The Balaban J connectivity index is 1.90. The molecular weight excluding hydrogens is 405 g/mol. The summed E-state index contributed by atoms with van der Waals surface area (Å²) >= 11 is 7.13. The predicted molar refractivity (Wildman–Crippen MR) is 96.3 cm³/mol. The maximum atomic E-state index is 13.1. The summed E-state index contributed by atoms with van der Waals surface area (Å²) in [5.74, 6) is -0.942. The third-order valence-electron chi connectivity index (χ3n) is 3.97. The van der Waals surface area contributed by atoms with Gasteiger partial charge in [0.15, 0.2) is 5.15 Å². The van der Waals surface area contributed by atoms with Crippen molar-refractivity contribution in [2.24, 2.45) is 5.73 Å². The van der Waals surface area contributed by atoms with E-state index in [1.165, 1.54) is 0 Å². The highest BCUT2D eigenvalue weighted by Crippen LogP contribution is 2.39. The monoisotopic (exact) mass is 420 g/mol. The molecule has 1 saturated carbocycles. The minimum absolute atomic E-state index is 0.0242. The number of carbonyl (C=O) groups excluding carboxylic acids is 1. The van der Waals surface area contributed by atoms with Crippen molar-refractivity contribution in [1.29, 1.82) is 0 Å². The van der Waals surface area contributed by atoms with Crippen molar-refractivity contribution in [2.45, 2.75) is 44.3 Å². The summed E-state index contributed by atoms with van der Waals surface area (Å²) in [6.07, 6.45) is -2.29. The number of aromatic nitrogens is 3. The first-order chi connectivity index (χ1) is 12.5. The maximum Gasteiger partial charge on any atom is 0.421 e. The van der Waals surface area contributed by atoms with Gasteiger partial charge in [-0.25, -0.2) is 9.97 Å². The molecule has 0 atom stereocenters. The fourth-order valence-electron chi connectivity index (χ4n) is 2.03. The largest absolute Gasteiger partial charge is 0.421 e. The molecule has 0 aromatic carbocycles. The van der Waals surface area contributed by atoms with Crippen molar-refractivity contribution >= 4 is 45.6 Å². The van der Waals surface area contributed by atoms with Crippen LogP contribution < -0.4 is 16.4 Å². The van der Waals surface area contributed by atoms with E-state index in [0.29, 0.717) is 16.2 Å². The zero-order chi connectivity index (χ0) is 20.0. The van der Waals surface area contributed by atoms with Gasteiger partial charge in [0.1, 0.15) is 21.4 Å². The number of primary amides is 1. The number of amides is 1. The number of hydrogen-bond acceptors (Lipinski definition) is 7. The molecule has 3 rings (SSSR count). The number of thiazole rings is 1. The van der Waals surface area contributed by atoms with Crippen LogP contribution in [0.25, 0.3) is 0 Å². The van der Waals surface area contributed by atoms with Gasteiger partial charge in [-0.1, -0.05) is 22.9 Å². The summed E-state index contributed by atoms with van der Waals surface area (Å²) in [5.41, 5.74) is 3.38. The second-order valence-corrected chi connectivity index (χ2v) is 7.98. The van der Waals surface area contributed by atoms with Gasteiger partial charge in [0.25, 0.3) is 0 Å². The van der Waals surface area contributed by atoms with Crippen molar-refractivity contribution in [1.82, 2.24) is 15.0 Å². The van der Waals surface area contributed by atoms with Crippen LogP contribution in [0, 0.1) is 0 Å². The van der Waals surface area contributed by atoms with Gasteiger partial charge in [-0.05, 0) is 26.7 Å². The van der Waals surface area contributed by atoms with Crippen LogP contribution in [-0.2, 0) is 16.4 Å². The van der Waals surface area contributed by atoms with Crippen LogP contribution in [-0.4, -0.2) is 26.9 Å². The van der Waals surface area contributed by atoms with E-state index >= 15 is 0 Å². The number of hydrogen-bond donors (Lipinski definition) is 3.